The molecule has 2 rings (SSSR count). The van der Waals surface area contributed by atoms with Crippen molar-refractivity contribution in [1.29, 1.82) is 0 Å². The third-order valence-corrected chi connectivity index (χ3v) is 4.66. The van der Waals surface area contributed by atoms with E-state index in [-0.39, 0.29) is 0 Å². The maximum atomic E-state index is 10.5. The number of hydrogen-bond acceptors (Lipinski definition) is 3. The average Bonchev–Trinajstić information content (AvgIpc) is 2.90. The third kappa shape index (κ3) is 3.53. The molecule has 1 aliphatic heterocycles. The Morgan fingerprint density at radius 3 is 2.89 bits per heavy atom. The summed E-state index contributed by atoms with van der Waals surface area (Å²) in [6.45, 7) is 2.02. The maximum absolute atomic E-state index is 10.5. The van der Waals surface area contributed by atoms with Crippen LogP contribution in [0.2, 0.25) is 0 Å². The quantitative estimate of drug-likeness (QED) is 0.859. The van der Waals surface area contributed by atoms with Gasteiger partial charge in [-0.15, -0.1) is 0 Å². The Morgan fingerprint density at radius 1 is 1.53 bits per heavy atom. The van der Waals surface area contributed by atoms with Gasteiger partial charge in [0.2, 0.25) is 0 Å². The summed E-state index contributed by atoms with van der Waals surface area (Å²) >= 11 is 2.01. The molecule has 0 spiro atoms. The zero-order valence-corrected chi connectivity index (χ0v) is 12.1. The van der Waals surface area contributed by atoms with Crippen LogP contribution < -0.4 is 4.90 Å². The van der Waals surface area contributed by atoms with E-state index in [4.69, 9.17) is 5.11 Å². The second kappa shape index (κ2) is 6.15. The highest BCUT2D eigenvalue weighted by atomic mass is 32.2. The normalized spacial score (nSPS) is 18.9. The molecule has 1 atom stereocenters. The van der Waals surface area contributed by atoms with Gasteiger partial charge in [0, 0.05) is 30.6 Å². The maximum Gasteiger partial charge on any atom is 0.328 e. The summed E-state index contributed by atoms with van der Waals surface area (Å²) in [5.74, 6) is 1.52. The molecule has 19 heavy (non-hydrogen) atoms. The summed E-state index contributed by atoms with van der Waals surface area (Å²) < 4.78 is 0. The van der Waals surface area contributed by atoms with Crippen LogP contribution in [0.25, 0.3) is 6.08 Å². The lowest BCUT2D eigenvalue weighted by molar-refractivity contribution is -0.131. The second-order valence-corrected chi connectivity index (χ2v) is 5.99. The Kier molecular flexibility index (Phi) is 4.53. The second-order valence-electron chi connectivity index (χ2n) is 4.84. The smallest absolute Gasteiger partial charge is 0.328 e. The Balaban J connectivity index is 2.15. The van der Waals surface area contributed by atoms with E-state index in [0.29, 0.717) is 6.04 Å². The topological polar surface area (TPSA) is 40.5 Å². The lowest BCUT2D eigenvalue weighted by Crippen LogP contribution is -2.31. The summed E-state index contributed by atoms with van der Waals surface area (Å²) in [7, 11) is 2.14. The number of carboxylic acids is 1. The number of carboxylic acid groups (broad SMARTS) is 1. The lowest BCUT2D eigenvalue weighted by Gasteiger charge is -2.26. The fourth-order valence-corrected chi connectivity index (χ4v) is 3.53. The van der Waals surface area contributed by atoms with Crippen LogP contribution >= 0.6 is 11.8 Å². The highest BCUT2D eigenvalue weighted by Gasteiger charge is 2.20. The number of aliphatic carboxylic acids is 1. The Bertz CT molecular complexity index is 493. The van der Waals surface area contributed by atoms with Gasteiger partial charge in [-0.2, -0.15) is 11.8 Å². The molecule has 1 N–H and O–H groups in total. The summed E-state index contributed by atoms with van der Waals surface area (Å²) in [5.41, 5.74) is 3.27. The SMILES string of the molecule is Cc1cc(N(C)C2CCSC2)ccc1C=CC(=O)O. The zero-order valence-electron chi connectivity index (χ0n) is 11.3. The number of benzene rings is 1. The molecule has 1 fully saturated rings. The molecule has 0 bridgehead atoms. The summed E-state index contributed by atoms with van der Waals surface area (Å²) in [6.07, 6.45) is 4.06. The molecule has 0 amide bonds. The molecular weight excluding hydrogens is 258 g/mol. The van der Waals surface area contributed by atoms with Crippen molar-refractivity contribution in [3.63, 3.8) is 0 Å². The van der Waals surface area contributed by atoms with Gasteiger partial charge in [-0.3, -0.25) is 0 Å². The molecule has 1 aliphatic rings. The van der Waals surface area contributed by atoms with Crippen molar-refractivity contribution in [2.24, 2.45) is 0 Å². The van der Waals surface area contributed by atoms with Crippen LogP contribution in [0, 0.1) is 6.92 Å². The molecule has 0 aliphatic carbocycles. The summed E-state index contributed by atoms with van der Waals surface area (Å²) in [5, 5.41) is 8.65. The Hall–Kier alpha value is -1.42. The molecule has 1 aromatic rings. The van der Waals surface area contributed by atoms with Gasteiger partial charge in [0.25, 0.3) is 0 Å². The van der Waals surface area contributed by atoms with Crippen molar-refractivity contribution in [1.82, 2.24) is 0 Å². The largest absolute Gasteiger partial charge is 0.478 e. The van der Waals surface area contributed by atoms with Crippen molar-refractivity contribution in [2.75, 3.05) is 23.5 Å². The van der Waals surface area contributed by atoms with E-state index in [1.165, 1.54) is 29.7 Å². The predicted octanol–water partition coefficient (Wildman–Crippen LogP) is 3.03. The fraction of sp³-hybridized carbons (Fsp3) is 0.400. The molecule has 1 unspecified atom stereocenters. The number of carbonyl (C=O) groups is 1. The highest BCUT2D eigenvalue weighted by Crippen LogP contribution is 2.27. The van der Waals surface area contributed by atoms with Crippen molar-refractivity contribution in [2.45, 2.75) is 19.4 Å². The molecule has 4 heteroatoms. The average molecular weight is 277 g/mol. The van der Waals surface area contributed by atoms with Crippen molar-refractivity contribution in [3.05, 3.63) is 35.4 Å². The van der Waals surface area contributed by atoms with E-state index in [9.17, 15) is 4.79 Å². The van der Waals surface area contributed by atoms with Crippen LogP contribution in [0.15, 0.2) is 24.3 Å². The number of thioether (sulfide) groups is 1. The van der Waals surface area contributed by atoms with E-state index in [2.05, 4.69) is 24.1 Å². The number of anilines is 1. The van der Waals surface area contributed by atoms with Gasteiger partial charge in [0.15, 0.2) is 0 Å². The van der Waals surface area contributed by atoms with E-state index in [1.807, 2.05) is 24.8 Å². The molecule has 102 valence electrons. The highest BCUT2D eigenvalue weighted by molar-refractivity contribution is 7.99. The fourth-order valence-electron chi connectivity index (χ4n) is 2.27. The standard InChI is InChI=1S/C15H19NO2S/c1-11-9-13(16(2)14-7-8-19-10-14)5-3-12(11)4-6-15(17)18/h3-6,9,14H,7-8,10H2,1-2H3,(H,17,18). The van der Waals surface area contributed by atoms with E-state index < -0.39 is 5.97 Å². The summed E-state index contributed by atoms with van der Waals surface area (Å²) in [6, 6.07) is 6.80. The number of aryl methyl sites for hydroxylation is 1. The molecule has 0 aromatic heterocycles. The lowest BCUT2D eigenvalue weighted by atomic mass is 10.1. The van der Waals surface area contributed by atoms with Gasteiger partial charge in [0.05, 0.1) is 0 Å². The minimum absolute atomic E-state index is 0.616. The first kappa shape index (κ1) is 14.0. The number of rotatable bonds is 4. The molecular formula is C15H19NO2S. The summed E-state index contributed by atoms with van der Waals surface area (Å²) in [4.78, 5) is 12.9. The van der Waals surface area contributed by atoms with Gasteiger partial charge in [0.1, 0.15) is 0 Å². The van der Waals surface area contributed by atoms with Crippen LogP contribution in [-0.2, 0) is 4.79 Å². The zero-order chi connectivity index (χ0) is 13.8. The Labute approximate surface area is 118 Å². The molecule has 1 heterocycles. The minimum atomic E-state index is -0.913. The van der Waals surface area contributed by atoms with Crippen LogP contribution in [0.1, 0.15) is 17.5 Å². The first-order chi connectivity index (χ1) is 9.08. The van der Waals surface area contributed by atoms with Gasteiger partial charge in [-0.25, -0.2) is 4.79 Å². The molecule has 0 saturated carbocycles. The first-order valence-electron chi connectivity index (χ1n) is 6.40. The minimum Gasteiger partial charge on any atom is -0.478 e. The number of hydrogen-bond donors (Lipinski definition) is 1. The molecule has 3 nitrogen and oxygen atoms in total. The van der Waals surface area contributed by atoms with E-state index in [1.54, 1.807) is 6.08 Å². The van der Waals surface area contributed by atoms with Crippen LogP contribution in [0.4, 0.5) is 5.69 Å². The van der Waals surface area contributed by atoms with Crippen molar-refractivity contribution < 1.29 is 9.90 Å². The third-order valence-electron chi connectivity index (χ3n) is 3.52. The van der Waals surface area contributed by atoms with Gasteiger partial charge >= 0.3 is 5.97 Å². The van der Waals surface area contributed by atoms with E-state index in [0.717, 1.165) is 11.1 Å². The van der Waals surface area contributed by atoms with Crippen LogP contribution in [0.3, 0.4) is 0 Å². The van der Waals surface area contributed by atoms with Gasteiger partial charge < -0.3 is 10.0 Å². The first-order valence-corrected chi connectivity index (χ1v) is 7.55. The van der Waals surface area contributed by atoms with Crippen molar-refractivity contribution >= 4 is 29.5 Å². The Morgan fingerprint density at radius 2 is 2.32 bits per heavy atom. The van der Waals surface area contributed by atoms with Gasteiger partial charge in [-0.05, 0) is 48.4 Å². The van der Waals surface area contributed by atoms with Gasteiger partial charge in [-0.1, -0.05) is 6.07 Å². The number of nitrogens with zero attached hydrogens (tertiary/aromatic N) is 1. The van der Waals surface area contributed by atoms with E-state index >= 15 is 0 Å². The predicted molar refractivity (Wildman–Crippen MR) is 82.0 cm³/mol. The molecule has 1 aromatic carbocycles. The van der Waals surface area contributed by atoms with Crippen LogP contribution in [0.5, 0.6) is 0 Å². The molecule has 1 saturated heterocycles. The van der Waals surface area contributed by atoms with Crippen LogP contribution in [-0.4, -0.2) is 35.7 Å². The molecule has 0 radical (unpaired) electrons. The van der Waals surface area contributed by atoms with Crippen molar-refractivity contribution in [3.8, 4) is 0 Å². The monoisotopic (exact) mass is 277 g/mol.